The minimum Gasteiger partial charge on any atom is -0.352 e. The van der Waals surface area contributed by atoms with Crippen LogP contribution in [-0.2, 0) is 10.0 Å². The first-order valence-electron chi connectivity index (χ1n) is 8.57. The van der Waals surface area contributed by atoms with Gasteiger partial charge in [-0.3, -0.25) is 9.10 Å². The molecule has 1 unspecified atom stereocenters. The maximum atomic E-state index is 12.4. The summed E-state index contributed by atoms with van der Waals surface area (Å²) < 4.78 is 25.5. The summed E-state index contributed by atoms with van der Waals surface area (Å²) in [7, 11) is -3.19. The van der Waals surface area contributed by atoms with E-state index in [0.717, 1.165) is 31.5 Å². The van der Waals surface area contributed by atoms with Crippen LogP contribution in [0.25, 0.3) is 0 Å². The third-order valence-corrected chi connectivity index (χ3v) is 6.66. The number of aryl methyl sites for hydroxylation is 1. The highest BCUT2D eigenvalue weighted by atomic mass is 35.5. The monoisotopic (exact) mass is 387 g/mol. The minimum absolute atomic E-state index is 0. The molecular weight excluding hydrogens is 362 g/mol. The van der Waals surface area contributed by atoms with Gasteiger partial charge in [0.1, 0.15) is 0 Å². The van der Waals surface area contributed by atoms with Crippen molar-refractivity contribution in [1.29, 1.82) is 0 Å². The Bertz CT molecular complexity index is 718. The summed E-state index contributed by atoms with van der Waals surface area (Å²) in [5.41, 5.74) is 2.06. The Kier molecular flexibility index (Phi) is 6.71. The molecule has 0 aromatic heterocycles. The number of anilines is 1. The molecule has 140 valence electrons. The van der Waals surface area contributed by atoms with Crippen molar-refractivity contribution in [2.75, 3.05) is 36.2 Å². The van der Waals surface area contributed by atoms with Crippen molar-refractivity contribution in [2.45, 2.75) is 26.2 Å². The van der Waals surface area contributed by atoms with Crippen LogP contribution in [-0.4, -0.2) is 46.3 Å². The maximum absolute atomic E-state index is 12.4. The van der Waals surface area contributed by atoms with Gasteiger partial charge in [0.05, 0.1) is 11.4 Å². The van der Waals surface area contributed by atoms with E-state index in [2.05, 4.69) is 10.6 Å². The van der Waals surface area contributed by atoms with E-state index >= 15 is 0 Å². The lowest BCUT2D eigenvalue weighted by atomic mass is 9.99. The van der Waals surface area contributed by atoms with E-state index in [-0.39, 0.29) is 24.1 Å². The van der Waals surface area contributed by atoms with Gasteiger partial charge >= 0.3 is 0 Å². The molecule has 2 heterocycles. The van der Waals surface area contributed by atoms with Gasteiger partial charge in [-0.2, -0.15) is 0 Å². The summed E-state index contributed by atoms with van der Waals surface area (Å²) in [4.78, 5) is 12.4. The minimum atomic E-state index is -3.19. The van der Waals surface area contributed by atoms with E-state index in [0.29, 0.717) is 36.7 Å². The molecule has 2 saturated heterocycles. The quantitative estimate of drug-likeness (QED) is 0.824. The van der Waals surface area contributed by atoms with Crippen molar-refractivity contribution in [3.63, 3.8) is 0 Å². The van der Waals surface area contributed by atoms with Crippen LogP contribution in [0.5, 0.6) is 0 Å². The summed E-state index contributed by atoms with van der Waals surface area (Å²) in [6, 6.07) is 5.25. The van der Waals surface area contributed by atoms with Gasteiger partial charge < -0.3 is 10.6 Å². The highest BCUT2D eigenvalue weighted by Crippen LogP contribution is 2.26. The van der Waals surface area contributed by atoms with E-state index in [4.69, 9.17) is 0 Å². The molecular formula is C17H26ClN3O3S. The SMILES string of the molecule is Cc1cc(N2CCCS2(=O)=O)ccc1C(=O)NCC1CCCNC1.Cl. The number of piperidine rings is 1. The molecule has 0 radical (unpaired) electrons. The fourth-order valence-electron chi connectivity index (χ4n) is 3.42. The number of rotatable bonds is 4. The summed E-state index contributed by atoms with van der Waals surface area (Å²) in [6.45, 7) is 5.05. The van der Waals surface area contributed by atoms with Gasteiger partial charge in [0, 0.05) is 18.7 Å². The van der Waals surface area contributed by atoms with Crippen LogP contribution in [0.15, 0.2) is 18.2 Å². The smallest absolute Gasteiger partial charge is 0.251 e. The van der Waals surface area contributed by atoms with E-state index in [1.165, 1.54) is 4.31 Å². The second-order valence-electron chi connectivity index (χ2n) is 6.66. The predicted octanol–water partition coefficient (Wildman–Crippen LogP) is 1.69. The second kappa shape index (κ2) is 8.38. The van der Waals surface area contributed by atoms with Crippen LogP contribution < -0.4 is 14.9 Å². The first-order chi connectivity index (χ1) is 11.5. The van der Waals surface area contributed by atoms with Gasteiger partial charge in [-0.05, 0) is 69.0 Å². The van der Waals surface area contributed by atoms with Gasteiger partial charge in [-0.1, -0.05) is 0 Å². The van der Waals surface area contributed by atoms with Crippen LogP contribution in [0.2, 0.25) is 0 Å². The molecule has 1 amide bonds. The van der Waals surface area contributed by atoms with Crippen molar-refractivity contribution >= 4 is 34.0 Å². The molecule has 2 aliphatic heterocycles. The molecule has 3 rings (SSSR count). The summed E-state index contributed by atoms with van der Waals surface area (Å²) in [6.07, 6.45) is 2.94. The zero-order valence-corrected chi connectivity index (χ0v) is 16.1. The average molecular weight is 388 g/mol. The number of carbonyl (C=O) groups is 1. The lowest BCUT2D eigenvalue weighted by Crippen LogP contribution is -2.38. The van der Waals surface area contributed by atoms with Gasteiger partial charge in [0.2, 0.25) is 10.0 Å². The van der Waals surface area contributed by atoms with E-state index in [1.807, 2.05) is 6.92 Å². The molecule has 8 heteroatoms. The highest BCUT2D eigenvalue weighted by Gasteiger charge is 2.28. The summed E-state index contributed by atoms with van der Waals surface area (Å²) in [5.74, 6) is 0.592. The number of nitrogens with one attached hydrogen (secondary N) is 2. The maximum Gasteiger partial charge on any atom is 0.251 e. The number of halogens is 1. The van der Waals surface area contributed by atoms with E-state index < -0.39 is 10.0 Å². The highest BCUT2D eigenvalue weighted by molar-refractivity contribution is 7.93. The Morgan fingerprint density at radius 1 is 1.36 bits per heavy atom. The molecule has 0 aliphatic carbocycles. The van der Waals surface area contributed by atoms with Gasteiger partial charge in [0.25, 0.3) is 5.91 Å². The zero-order valence-electron chi connectivity index (χ0n) is 14.5. The van der Waals surface area contributed by atoms with Gasteiger partial charge in [-0.15, -0.1) is 12.4 Å². The average Bonchev–Trinajstić information content (AvgIpc) is 2.92. The first kappa shape index (κ1) is 20.0. The molecule has 1 aromatic rings. The van der Waals surface area contributed by atoms with Crippen molar-refractivity contribution in [3.05, 3.63) is 29.3 Å². The number of carbonyl (C=O) groups excluding carboxylic acids is 1. The Hall–Kier alpha value is -1.31. The number of sulfonamides is 1. The third-order valence-electron chi connectivity index (χ3n) is 4.79. The number of hydrogen-bond acceptors (Lipinski definition) is 4. The van der Waals surface area contributed by atoms with Crippen molar-refractivity contribution < 1.29 is 13.2 Å². The van der Waals surface area contributed by atoms with E-state index in [1.54, 1.807) is 18.2 Å². The zero-order chi connectivity index (χ0) is 17.2. The number of benzene rings is 1. The van der Waals surface area contributed by atoms with Crippen LogP contribution in [0.3, 0.4) is 0 Å². The first-order valence-corrected chi connectivity index (χ1v) is 10.2. The normalized spacial score (nSPS) is 22.3. The topological polar surface area (TPSA) is 78.5 Å². The number of amides is 1. The number of hydrogen-bond donors (Lipinski definition) is 2. The molecule has 2 N–H and O–H groups in total. The lowest BCUT2D eigenvalue weighted by Gasteiger charge is -2.23. The third kappa shape index (κ3) is 4.65. The lowest BCUT2D eigenvalue weighted by molar-refractivity contribution is 0.0944. The molecule has 2 fully saturated rings. The van der Waals surface area contributed by atoms with Gasteiger partial charge in [-0.25, -0.2) is 8.42 Å². The number of nitrogens with zero attached hydrogens (tertiary/aromatic N) is 1. The van der Waals surface area contributed by atoms with Crippen LogP contribution in [0.4, 0.5) is 5.69 Å². The molecule has 0 bridgehead atoms. The predicted molar refractivity (Wildman–Crippen MR) is 102 cm³/mol. The van der Waals surface area contributed by atoms with E-state index in [9.17, 15) is 13.2 Å². The Morgan fingerprint density at radius 3 is 2.76 bits per heavy atom. The Balaban J connectivity index is 0.00000225. The standard InChI is InChI=1S/C17H25N3O3S.ClH/c1-13-10-15(20-8-3-9-24(20,22)23)5-6-16(13)17(21)19-12-14-4-2-7-18-11-14;/h5-6,10,14,18H,2-4,7-9,11-12H2,1H3,(H,19,21);1H. The Labute approximate surface area is 155 Å². The molecule has 1 atom stereocenters. The molecule has 1 aromatic carbocycles. The van der Waals surface area contributed by atoms with Crippen molar-refractivity contribution in [1.82, 2.24) is 10.6 Å². The van der Waals surface area contributed by atoms with Crippen LogP contribution in [0, 0.1) is 12.8 Å². The fourth-order valence-corrected chi connectivity index (χ4v) is 4.97. The van der Waals surface area contributed by atoms with Crippen molar-refractivity contribution in [3.8, 4) is 0 Å². The second-order valence-corrected chi connectivity index (χ2v) is 8.68. The molecule has 0 saturated carbocycles. The molecule has 2 aliphatic rings. The molecule has 25 heavy (non-hydrogen) atoms. The summed E-state index contributed by atoms with van der Waals surface area (Å²) >= 11 is 0. The fraction of sp³-hybridized carbons (Fsp3) is 0.588. The van der Waals surface area contributed by atoms with Crippen molar-refractivity contribution in [2.24, 2.45) is 5.92 Å². The molecule has 6 nitrogen and oxygen atoms in total. The largest absolute Gasteiger partial charge is 0.352 e. The summed E-state index contributed by atoms with van der Waals surface area (Å²) in [5, 5.41) is 6.35. The molecule has 0 spiro atoms. The van der Waals surface area contributed by atoms with Crippen LogP contribution in [0.1, 0.15) is 35.2 Å². The van der Waals surface area contributed by atoms with Crippen LogP contribution >= 0.6 is 12.4 Å². The Morgan fingerprint density at radius 2 is 2.16 bits per heavy atom. The van der Waals surface area contributed by atoms with Gasteiger partial charge in [0.15, 0.2) is 0 Å².